The molecule has 0 aromatic rings. The molecule has 0 saturated carbocycles. The molecule has 1 heterocycles. The number of nitrogens with zero attached hydrogens (tertiary/aromatic N) is 1. The minimum atomic E-state index is -0.531. The zero-order valence-corrected chi connectivity index (χ0v) is 11.0. The summed E-state index contributed by atoms with van der Waals surface area (Å²) in [6.45, 7) is 6.00. The number of ether oxygens (including phenoxy) is 2. The molecule has 1 fully saturated rings. The van der Waals surface area contributed by atoms with Gasteiger partial charge in [0.25, 0.3) is 0 Å². The van der Waals surface area contributed by atoms with E-state index in [0.29, 0.717) is 13.0 Å². The number of rotatable bonds is 1. The van der Waals surface area contributed by atoms with E-state index in [1.807, 2.05) is 20.8 Å². The average Bonchev–Trinajstić information content (AvgIpc) is 2.25. The smallest absolute Gasteiger partial charge is 0.410 e. The van der Waals surface area contributed by atoms with Gasteiger partial charge in [0.1, 0.15) is 11.6 Å². The van der Waals surface area contributed by atoms with Gasteiger partial charge in [0.2, 0.25) is 0 Å². The number of esters is 1. The largest absolute Gasteiger partial charge is 0.458 e. The molecule has 5 nitrogen and oxygen atoms in total. The minimum Gasteiger partial charge on any atom is -0.458 e. The van der Waals surface area contributed by atoms with E-state index in [2.05, 4.69) is 4.74 Å². The van der Waals surface area contributed by atoms with E-state index >= 15 is 0 Å². The van der Waals surface area contributed by atoms with Gasteiger partial charge >= 0.3 is 12.1 Å². The molecule has 1 saturated heterocycles. The summed E-state index contributed by atoms with van der Waals surface area (Å²) in [5, 5.41) is 0. The van der Waals surface area contributed by atoms with E-state index < -0.39 is 17.7 Å². The van der Waals surface area contributed by atoms with E-state index in [0.717, 1.165) is 12.8 Å². The number of hydrogen-bond donors (Lipinski definition) is 0. The van der Waals surface area contributed by atoms with Gasteiger partial charge in [0.15, 0.2) is 0 Å². The predicted octanol–water partition coefficient (Wildman–Crippen LogP) is 1.95. The first-order valence-electron chi connectivity index (χ1n) is 5.92. The second kappa shape index (κ2) is 5.38. The monoisotopic (exact) mass is 243 g/mol. The highest BCUT2D eigenvalue weighted by atomic mass is 16.6. The van der Waals surface area contributed by atoms with E-state index in [9.17, 15) is 9.59 Å². The maximum atomic E-state index is 12.0. The second-order valence-corrected chi connectivity index (χ2v) is 5.21. The van der Waals surface area contributed by atoms with Crippen LogP contribution in [0.25, 0.3) is 0 Å². The molecule has 1 aliphatic rings. The van der Waals surface area contributed by atoms with Crippen molar-refractivity contribution in [3.63, 3.8) is 0 Å². The van der Waals surface area contributed by atoms with Crippen LogP contribution in [0.4, 0.5) is 4.79 Å². The molecule has 0 N–H and O–H groups in total. The van der Waals surface area contributed by atoms with E-state index in [1.54, 1.807) is 0 Å². The van der Waals surface area contributed by atoms with Gasteiger partial charge in [0.05, 0.1) is 7.11 Å². The number of hydrogen-bond acceptors (Lipinski definition) is 4. The summed E-state index contributed by atoms with van der Waals surface area (Å²) in [5.74, 6) is -0.345. The highest BCUT2D eigenvalue weighted by Crippen LogP contribution is 2.21. The lowest BCUT2D eigenvalue weighted by Crippen LogP contribution is -2.49. The number of piperidine rings is 1. The van der Waals surface area contributed by atoms with E-state index in [1.165, 1.54) is 12.0 Å². The van der Waals surface area contributed by atoms with Crippen LogP contribution in [0.2, 0.25) is 0 Å². The maximum Gasteiger partial charge on any atom is 0.410 e. The summed E-state index contributed by atoms with van der Waals surface area (Å²) in [5.41, 5.74) is -0.531. The number of likely N-dealkylation sites (tertiary alicyclic amines) is 1. The quantitative estimate of drug-likeness (QED) is 0.660. The van der Waals surface area contributed by atoms with Crippen LogP contribution in [0.3, 0.4) is 0 Å². The van der Waals surface area contributed by atoms with Gasteiger partial charge in [-0.2, -0.15) is 0 Å². The van der Waals surface area contributed by atoms with Crippen molar-refractivity contribution in [2.75, 3.05) is 13.7 Å². The van der Waals surface area contributed by atoms with Crippen LogP contribution in [-0.2, 0) is 14.3 Å². The molecular weight excluding hydrogens is 222 g/mol. The molecule has 0 radical (unpaired) electrons. The molecule has 0 bridgehead atoms. The molecule has 5 heteroatoms. The lowest BCUT2D eigenvalue weighted by molar-refractivity contribution is -0.161. The summed E-state index contributed by atoms with van der Waals surface area (Å²) in [4.78, 5) is 25.0. The van der Waals surface area contributed by atoms with Crippen LogP contribution in [-0.4, -0.2) is 42.3 Å². The lowest BCUT2D eigenvalue weighted by Gasteiger charge is -2.34. The molecule has 0 aromatic carbocycles. The van der Waals surface area contributed by atoms with Crippen LogP contribution < -0.4 is 0 Å². The Hall–Kier alpha value is -1.26. The predicted molar refractivity (Wildman–Crippen MR) is 62.6 cm³/mol. The molecule has 1 aliphatic heterocycles. The fourth-order valence-electron chi connectivity index (χ4n) is 1.88. The van der Waals surface area contributed by atoms with Crippen molar-refractivity contribution in [2.45, 2.75) is 51.7 Å². The Labute approximate surface area is 102 Å². The van der Waals surface area contributed by atoms with Gasteiger partial charge in [-0.25, -0.2) is 9.59 Å². The molecule has 0 spiro atoms. The van der Waals surface area contributed by atoms with Crippen LogP contribution in [0.15, 0.2) is 0 Å². The molecule has 1 atom stereocenters. The average molecular weight is 243 g/mol. The zero-order valence-electron chi connectivity index (χ0n) is 11.0. The zero-order chi connectivity index (χ0) is 13.1. The molecular formula is C12H21NO4. The lowest BCUT2D eigenvalue weighted by atomic mass is 10.0. The Morgan fingerprint density at radius 2 is 1.88 bits per heavy atom. The van der Waals surface area contributed by atoms with Crippen molar-refractivity contribution in [3.8, 4) is 0 Å². The molecule has 1 rings (SSSR count). The van der Waals surface area contributed by atoms with Crippen molar-refractivity contribution < 1.29 is 19.1 Å². The third kappa shape index (κ3) is 3.91. The van der Waals surface area contributed by atoms with E-state index in [-0.39, 0.29) is 5.97 Å². The summed E-state index contributed by atoms with van der Waals surface area (Å²) in [7, 11) is 1.32. The Kier molecular flexibility index (Phi) is 4.37. The van der Waals surface area contributed by atoms with Crippen molar-refractivity contribution in [1.82, 2.24) is 4.90 Å². The number of amides is 1. The molecule has 98 valence electrons. The summed E-state index contributed by atoms with van der Waals surface area (Å²) in [6.07, 6.45) is 2.01. The van der Waals surface area contributed by atoms with Crippen molar-refractivity contribution in [2.24, 2.45) is 0 Å². The highest BCUT2D eigenvalue weighted by molar-refractivity contribution is 5.81. The fraction of sp³-hybridized carbons (Fsp3) is 0.833. The second-order valence-electron chi connectivity index (χ2n) is 5.21. The Morgan fingerprint density at radius 1 is 1.24 bits per heavy atom. The maximum absolute atomic E-state index is 12.0. The van der Waals surface area contributed by atoms with E-state index in [4.69, 9.17) is 4.74 Å². The first kappa shape index (κ1) is 13.8. The molecule has 0 aromatic heterocycles. The van der Waals surface area contributed by atoms with Crippen molar-refractivity contribution >= 4 is 12.1 Å². The standard InChI is InChI=1S/C12H21NO4/c1-12(2,3)17-10(14)9-7-5-6-8-13(9)11(15)16-4/h9H,5-8H2,1-4H3. The number of carbonyl (C=O) groups is 2. The van der Waals surface area contributed by atoms with Gasteiger partial charge in [-0.05, 0) is 40.0 Å². The summed E-state index contributed by atoms with van der Waals surface area (Å²) >= 11 is 0. The van der Waals surface area contributed by atoms with Crippen LogP contribution in [0, 0.1) is 0 Å². The van der Waals surface area contributed by atoms with Crippen molar-refractivity contribution in [3.05, 3.63) is 0 Å². The third-order valence-electron chi connectivity index (χ3n) is 2.59. The summed E-state index contributed by atoms with van der Waals surface area (Å²) < 4.78 is 9.99. The fourth-order valence-corrected chi connectivity index (χ4v) is 1.88. The minimum absolute atomic E-state index is 0.345. The molecule has 1 amide bonds. The Bertz CT molecular complexity index is 295. The number of carbonyl (C=O) groups excluding carboxylic acids is 2. The van der Waals surface area contributed by atoms with Gasteiger partial charge in [0, 0.05) is 6.54 Å². The summed E-state index contributed by atoms with van der Waals surface area (Å²) in [6, 6.07) is -0.504. The Morgan fingerprint density at radius 3 is 2.41 bits per heavy atom. The van der Waals surface area contributed by atoms with Gasteiger partial charge in [-0.3, -0.25) is 4.90 Å². The normalized spacial score (nSPS) is 20.9. The van der Waals surface area contributed by atoms with Crippen LogP contribution >= 0.6 is 0 Å². The highest BCUT2D eigenvalue weighted by Gasteiger charge is 2.35. The first-order chi connectivity index (χ1) is 7.85. The first-order valence-corrected chi connectivity index (χ1v) is 5.92. The molecule has 1 unspecified atom stereocenters. The van der Waals surface area contributed by atoms with Gasteiger partial charge in [-0.15, -0.1) is 0 Å². The van der Waals surface area contributed by atoms with Crippen LogP contribution in [0.1, 0.15) is 40.0 Å². The van der Waals surface area contributed by atoms with Gasteiger partial charge < -0.3 is 9.47 Å². The molecule has 0 aliphatic carbocycles. The van der Waals surface area contributed by atoms with Crippen molar-refractivity contribution in [1.29, 1.82) is 0 Å². The SMILES string of the molecule is COC(=O)N1CCCCC1C(=O)OC(C)(C)C. The number of methoxy groups -OCH3 is 1. The molecule has 17 heavy (non-hydrogen) atoms. The van der Waals surface area contributed by atoms with Crippen LogP contribution in [0.5, 0.6) is 0 Å². The Balaban J connectivity index is 2.71. The third-order valence-corrected chi connectivity index (χ3v) is 2.59. The topological polar surface area (TPSA) is 55.8 Å². The van der Waals surface area contributed by atoms with Gasteiger partial charge in [-0.1, -0.05) is 0 Å².